The van der Waals surface area contributed by atoms with Gasteiger partial charge in [-0.05, 0) is 32.3 Å². The van der Waals surface area contributed by atoms with E-state index in [4.69, 9.17) is 28.7 Å². The predicted octanol–water partition coefficient (Wildman–Crippen LogP) is 2.72. The number of benzene rings is 1. The number of hydrogen-bond acceptors (Lipinski definition) is 6. The average Bonchev–Trinajstić information content (AvgIpc) is 3.33. The molecule has 2 heterocycles. The first kappa shape index (κ1) is 25.8. The van der Waals surface area contributed by atoms with Crippen molar-refractivity contribution in [3.05, 3.63) is 17.7 Å². The Morgan fingerprint density at radius 1 is 1.10 bits per heavy atom. The van der Waals surface area contributed by atoms with Gasteiger partial charge in [0.05, 0.1) is 34.0 Å². The Kier molecular flexibility index (Phi) is 11.0. The highest BCUT2D eigenvalue weighted by atomic mass is 127. The molecule has 31 heavy (non-hydrogen) atoms. The first-order chi connectivity index (χ1) is 14.7. The molecule has 0 bridgehead atoms. The zero-order valence-corrected chi connectivity index (χ0v) is 21.3. The number of nitrogens with zero attached hydrogens (tertiary/aromatic N) is 2. The van der Waals surface area contributed by atoms with Gasteiger partial charge in [-0.3, -0.25) is 4.99 Å². The molecule has 2 fully saturated rings. The van der Waals surface area contributed by atoms with Gasteiger partial charge < -0.3 is 33.9 Å². The lowest BCUT2D eigenvalue weighted by molar-refractivity contribution is -0.0817. The molecule has 0 aliphatic carbocycles. The molecule has 2 aliphatic heterocycles. The van der Waals surface area contributed by atoms with Crippen LogP contribution in [0.4, 0.5) is 0 Å². The van der Waals surface area contributed by atoms with Crippen molar-refractivity contribution >= 4 is 29.9 Å². The van der Waals surface area contributed by atoms with E-state index in [1.807, 2.05) is 12.1 Å². The van der Waals surface area contributed by atoms with Crippen LogP contribution >= 0.6 is 24.0 Å². The number of halogens is 1. The van der Waals surface area contributed by atoms with Crippen molar-refractivity contribution in [2.75, 3.05) is 60.7 Å². The van der Waals surface area contributed by atoms with E-state index in [0.717, 1.165) is 57.0 Å². The van der Waals surface area contributed by atoms with E-state index < -0.39 is 0 Å². The summed E-state index contributed by atoms with van der Waals surface area (Å²) < 4.78 is 28.3. The second-order valence-electron chi connectivity index (χ2n) is 7.39. The number of morpholine rings is 1. The molecule has 2 atom stereocenters. The molecule has 2 unspecified atom stereocenters. The lowest BCUT2D eigenvalue weighted by Gasteiger charge is -2.37. The summed E-state index contributed by atoms with van der Waals surface area (Å²) in [6.45, 7) is 6.71. The van der Waals surface area contributed by atoms with Gasteiger partial charge in [0, 0.05) is 38.3 Å². The van der Waals surface area contributed by atoms with Gasteiger partial charge in [-0.1, -0.05) is 6.07 Å². The Bertz CT molecular complexity index is 713. The molecular weight excluding hydrogens is 513 g/mol. The van der Waals surface area contributed by atoms with Gasteiger partial charge in [-0.15, -0.1) is 24.0 Å². The maximum Gasteiger partial charge on any atom is 0.203 e. The first-order valence-corrected chi connectivity index (χ1v) is 10.8. The van der Waals surface area contributed by atoms with Gasteiger partial charge in [0.15, 0.2) is 17.5 Å². The summed E-state index contributed by atoms with van der Waals surface area (Å²) in [5.74, 6) is 2.88. The molecule has 2 aliphatic rings. The molecule has 1 aromatic carbocycles. The SMILES string of the molecule is CCNC(=NCCc1ccc(OC)c(OC)c1OC)N1CCOC(C2CCCO2)C1.I. The molecule has 8 nitrogen and oxygen atoms in total. The molecule has 0 saturated carbocycles. The van der Waals surface area contributed by atoms with Gasteiger partial charge in [0.1, 0.15) is 6.10 Å². The van der Waals surface area contributed by atoms with Gasteiger partial charge in [0.2, 0.25) is 5.75 Å². The predicted molar refractivity (Wildman–Crippen MR) is 131 cm³/mol. The van der Waals surface area contributed by atoms with Crippen LogP contribution in [0.5, 0.6) is 17.2 Å². The summed E-state index contributed by atoms with van der Waals surface area (Å²) in [6.07, 6.45) is 3.23. The fourth-order valence-electron chi connectivity index (χ4n) is 4.06. The topological polar surface area (TPSA) is 73.8 Å². The molecule has 2 saturated heterocycles. The molecule has 0 amide bonds. The highest BCUT2D eigenvalue weighted by molar-refractivity contribution is 14.0. The second-order valence-corrected chi connectivity index (χ2v) is 7.39. The standard InChI is InChI=1S/C22H35N3O5.HI/c1-5-23-22(25-12-14-30-19(15-25)17-7-6-13-29-17)24-11-10-16-8-9-18(26-2)21(28-4)20(16)27-3;/h8-9,17,19H,5-7,10-15H2,1-4H3,(H,23,24);1H. The van der Waals surface area contributed by atoms with Crippen LogP contribution < -0.4 is 19.5 Å². The zero-order chi connectivity index (χ0) is 21.3. The normalized spacial score (nSPS) is 21.4. The van der Waals surface area contributed by atoms with Gasteiger partial charge in [-0.25, -0.2) is 0 Å². The Morgan fingerprint density at radius 2 is 1.87 bits per heavy atom. The van der Waals surface area contributed by atoms with Crippen LogP contribution in [-0.2, 0) is 15.9 Å². The van der Waals surface area contributed by atoms with Crippen molar-refractivity contribution in [2.45, 2.75) is 38.4 Å². The Labute approximate surface area is 202 Å². The van der Waals surface area contributed by atoms with Gasteiger partial charge in [-0.2, -0.15) is 0 Å². The van der Waals surface area contributed by atoms with Crippen LogP contribution in [0, 0.1) is 0 Å². The van der Waals surface area contributed by atoms with E-state index in [0.29, 0.717) is 30.4 Å². The minimum Gasteiger partial charge on any atom is -0.493 e. The lowest BCUT2D eigenvalue weighted by atomic mass is 10.1. The van der Waals surface area contributed by atoms with E-state index in [9.17, 15) is 0 Å². The molecule has 0 aromatic heterocycles. The van der Waals surface area contributed by atoms with Crippen LogP contribution in [0.25, 0.3) is 0 Å². The third-order valence-corrected chi connectivity index (χ3v) is 5.54. The molecule has 0 spiro atoms. The summed E-state index contributed by atoms with van der Waals surface area (Å²) in [6, 6.07) is 3.91. The van der Waals surface area contributed by atoms with Crippen molar-refractivity contribution < 1.29 is 23.7 Å². The Hall–Kier alpha value is -1.46. The number of methoxy groups -OCH3 is 3. The molecule has 176 valence electrons. The van der Waals surface area contributed by atoms with E-state index in [1.165, 1.54) is 0 Å². The monoisotopic (exact) mass is 549 g/mol. The molecule has 1 aromatic rings. The first-order valence-electron chi connectivity index (χ1n) is 10.8. The smallest absolute Gasteiger partial charge is 0.203 e. The summed E-state index contributed by atoms with van der Waals surface area (Å²) in [5, 5.41) is 3.42. The van der Waals surface area contributed by atoms with Crippen LogP contribution in [0.3, 0.4) is 0 Å². The average molecular weight is 549 g/mol. The molecule has 0 radical (unpaired) electrons. The van der Waals surface area contributed by atoms with Crippen molar-refractivity contribution in [2.24, 2.45) is 4.99 Å². The highest BCUT2D eigenvalue weighted by Crippen LogP contribution is 2.39. The number of aliphatic imine (C=N–C) groups is 1. The van der Waals surface area contributed by atoms with E-state index in [2.05, 4.69) is 17.1 Å². The van der Waals surface area contributed by atoms with Gasteiger partial charge >= 0.3 is 0 Å². The Balaban J connectivity index is 0.00000341. The summed E-state index contributed by atoms with van der Waals surface area (Å²) in [7, 11) is 4.89. The van der Waals surface area contributed by atoms with Crippen LogP contribution in [0.1, 0.15) is 25.3 Å². The number of ether oxygens (including phenoxy) is 5. The molecule has 1 N–H and O–H groups in total. The minimum absolute atomic E-state index is 0. The largest absolute Gasteiger partial charge is 0.493 e. The second kappa shape index (κ2) is 13.2. The number of nitrogens with one attached hydrogen (secondary N) is 1. The molecule has 3 rings (SSSR count). The molecular formula is C22H36IN3O5. The highest BCUT2D eigenvalue weighted by Gasteiger charge is 2.32. The zero-order valence-electron chi connectivity index (χ0n) is 19.0. The van der Waals surface area contributed by atoms with E-state index >= 15 is 0 Å². The minimum atomic E-state index is 0. The van der Waals surface area contributed by atoms with Crippen molar-refractivity contribution in [3.63, 3.8) is 0 Å². The quantitative estimate of drug-likeness (QED) is 0.304. The van der Waals surface area contributed by atoms with Crippen molar-refractivity contribution in [3.8, 4) is 17.2 Å². The van der Waals surface area contributed by atoms with Crippen LogP contribution in [-0.4, -0.2) is 83.8 Å². The fraction of sp³-hybridized carbons (Fsp3) is 0.682. The fourth-order valence-corrected chi connectivity index (χ4v) is 4.06. The third kappa shape index (κ3) is 6.52. The summed E-state index contributed by atoms with van der Waals surface area (Å²) in [4.78, 5) is 7.16. The molecule has 9 heteroatoms. The number of rotatable bonds is 8. The summed E-state index contributed by atoms with van der Waals surface area (Å²) >= 11 is 0. The van der Waals surface area contributed by atoms with Gasteiger partial charge in [0.25, 0.3) is 0 Å². The summed E-state index contributed by atoms with van der Waals surface area (Å²) in [5.41, 5.74) is 1.04. The Morgan fingerprint density at radius 3 is 2.52 bits per heavy atom. The van der Waals surface area contributed by atoms with Crippen LogP contribution in [0.2, 0.25) is 0 Å². The lowest BCUT2D eigenvalue weighted by Crippen LogP contribution is -2.53. The van der Waals surface area contributed by atoms with E-state index in [1.54, 1.807) is 21.3 Å². The van der Waals surface area contributed by atoms with Crippen LogP contribution in [0.15, 0.2) is 17.1 Å². The van der Waals surface area contributed by atoms with Crippen molar-refractivity contribution in [1.29, 1.82) is 0 Å². The van der Waals surface area contributed by atoms with Crippen molar-refractivity contribution in [1.82, 2.24) is 10.2 Å². The maximum atomic E-state index is 5.98. The van der Waals surface area contributed by atoms with E-state index in [-0.39, 0.29) is 36.2 Å². The third-order valence-electron chi connectivity index (χ3n) is 5.54. The number of hydrogen-bond donors (Lipinski definition) is 1. The maximum absolute atomic E-state index is 5.98. The number of guanidine groups is 1.